The summed E-state index contributed by atoms with van der Waals surface area (Å²) in [6.07, 6.45) is 1.16. The molecule has 1 aromatic carbocycles. The molecule has 0 atom stereocenters. The Balaban J connectivity index is 1.70. The zero-order chi connectivity index (χ0) is 24.1. The van der Waals surface area contributed by atoms with Gasteiger partial charge in [0.15, 0.2) is 11.5 Å². The molecule has 1 fully saturated rings. The number of thioether (sulfide) groups is 1. The van der Waals surface area contributed by atoms with Crippen LogP contribution in [0.25, 0.3) is 6.08 Å². The van der Waals surface area contributed by atoms with E-state index in [-0.39, 0.29) is 23.4 Å². The highest BCUT2D eigenvalue weighted by Gasteiger charge is 2.36. The number of carbonyl (C=O) groups excluding carboxylic acids is 3. The largest absolute Gasteiger partial charge is 0.493 e. The fourth-order valence-electron chi connectivity index (χ4n) is 2.83. The standard InChI is InChI=1S/C22H21NO9S/c1-12(2)31-19(24)10-23-20(25)18(33-22(23)28)9-13-4-6-15(17(8-13)29-3)30-11-14-5-7-16(32-14)21(26)27/h4-9,12H,10-11H2,1-3H3,(H,26,27)/b18-9+. The van der Waals surface area contributed by atoms with Crippen LogP contribution in [0.3, 0.4) is 0 Å². The number of furan rings is 1. The normalized spacial score (nSPS) is 14.8. The Labute approximate surface area is 193 Å². The van der Waals surface area contributed by atoms with Gasteiger partial charge in [-0.2, -0.15) is 0 Å². The molecule has 2 amide bonds. The number of carbonyl (C=O) groups is 4. The molecule has 0 saturated carbocycles. The number of hydrogen-bond acceptors (Lipinski definition) is 9. The lowest BCUT2D eigenvalue weighted by Crippen LogP contribution is -2.35. The molecule has 1 aromatic heterocycles. The van der Waals surface area contributed by atoms with Crippen molar-refractivity contribution in [2.24, 2.45) is 0 Å². The van der Waals surface area contributed by atoms with Crippen molar-refractivity contribution in [3.05, 3.63) is 52.3 Å². The number of benzene rings is 1. The van der Waals surface area contributed by atoms with Crippen molar-refractivity contribution < 1.29 is 42.9 Å². The predicted molar refractivity (Wildman–Crippen MR) is 117 cm³/mol. The smallest absolute Gasteiger partial charge is 0.371 e. The Kier molecular flexibility index (Phi) is 7.44. The number of imide groups is 1. The van der Waals surface area contributed by atoms with Gasteiger partial charge in [0, 0.05) is 0 Å². The molecule has 11 heteroatoms. The first-order valence-corrected chi connectivity index (χ1v) is 10.6. The monoisotopic (exact) mass is 475 g/mol. The molecule has 0 radical (unpaired) electrons. The van der Waals surface area contributed by atoms with Crippen molar-refractivity contribution in [1.29, 1.82) is 0 Å². The molecule has 1 N–H and O–H groups in total. The Morgan fingerprint density at radius 2 is 1.94 bits per heavy atom. The number of rotatable bonds is 9. The molecule has 2 heterocycles. The van der Waals surface area contributed by atoms with E-state index in [0.717, 1.165) is 16.7 Å². The van der Waals surface area contributed by atoms with E-state index < -0.39 is 29.6 Å². The van der Waals surface area contributed by atoms with Crippen LogP contribution >= 0.6 is 11.8 Å². The average Bonchev–Trinajstić information content (AvgIpc) is 3.33. The lowest BCUT2D eigenvalue weighted by atomic mass is 10.2. The van der Waals surface area contributed by atoms with Gasteiger partial charge in [-0.3, -0.25) is 19.3 Å². The zero-order valence-electron chi connectivity index (χ0n) is 18.0. The third-order valence-electron chi connectivity index (χ3n) is 4.26. The number of hydrogen-bond donors (Lipinski definition) is 1. The van der Waals surface area contributed by atoms with Crippen LogP contribution < -0.4 is 9.47 Å². The summed E-state index contributed by atoms with van der Waals surface area (Å²) in [5.74, 6) is -1.57. The molecule has 1 aliphatic heterocycles. The summed E-state index contributed by atoms with van der Waals surface area (Å²) in [5, 5.41) is 8.35. The first-order valence-electron chi connectivity index (χ1n) is 9.75. The Morgan fingerprint density at radius 1 is 1.18 bits per heavy atom. The minimum absolute atomic E-state index is 0.0195. The van der Waals surface area contributed by atoms with Gasteiger partial charge in [0.1, 0.15) is 18.9 Å². The van der Waals surface area contributed by atoms with E-state index in [1.807, 2.05) is 0 Å². The number of ether oxygens (including phenoxy) is 3. The number of amides is 2. The first kappa shape index (κ1) is 23.9. The number of esters is 1. The predicted octanol–water partition coefficient (Wildman–Crippen LogP) is 3.55. The highest BCUT2D eigenvalue weighted by atomic mass is 32.2. The molecule has 2 aromatic rings. The van der Waals surface area contributed by atoms with Gasteiger partial charge >= 0.3 is 11.9 Å². The van der Waals surface area contributed by atoms with Crippen LogP contribution in [0.15, 0.2) is 39.7 Å². The van der Waals surface area contributed by atoms with Crippen molar-refractivity contribution in [1.82, 2.24) is 4.90 Å². The van der Waals surface area contributed by atoms with Gasteiger partial charge < -0.3 is 23.7 Å². The van der Waals surface area contributed by atoms with Gasteiger partial charge in [-0.05, 0) is 61.5 Å². The Hall–Kier alpha value is -3.73. The van der Waals surface area contributed by atoms with Crippen molar-refractivity contribution in [2.75, 3.05) is 13.7 Å². The molecular formula is C22H21NO9S. The van der Waals surface area contributed by atoms with Crippen molar-refractivity contribution in [2.45, 2.75) is 26.6 Å². The number of nitrogens with zero attached hydrogens (tertiary/aromatic N) is 1. The Bertz CT molecular complexity index is 1120. The fourth-order valence-corrected chi connectivity index (χ4v) is 3.67. The van der Waals surface area contributed by atoms with E-state index in [1.165, 1.54) is 25.3 Å². The summed E-state index contributed by atoms with van der Waals surface area (Å²) in [7, 11) is 1.44. The van der Waals surface area contributed by atoms with Crippen LogP contribution in [-0.4, -0.2) is 52.8 Å². The molecule has 0 aliphatic carbocycles. The van der Waals surface area contributed by atoms with E-state index in [9.17, 15) is 19.2 Å². The van der Waals surface area contributed by atoms with E-state index in [1.54, 1.807) is 32.0 Å². The minimum Gasteiger partial charge on any atom is -0.493 e. The van der Waals surface area contributed by atoms with Crippen LogP contribution in [0.2, 0.25) is 0 Å². The van der Waals surface area contributed by atoms with Crippen LogP contribution in [0.4, 0.5) is 4.79 Å². The molecule has 1 aliphatic rings. The molecule has 33 heavy (non-hydrogen) atoms. The summed E-state index contributed by atoms with van der Waals surface area (Å²) in [4.78, 5) is 48.5. The summed E-state index contributed by atoms with van der Waals surface area (Å²) in [6.45, 7) is 2.88. The summed E-state index contributed by atoms with van der Waals surface area (Å²) in [6, 6.07) is 7.70. The summed E-state index contributed by atoms with van der Waals surface area (Å²) < 4.78 is 21.1. The van der Waals surface area contributed by atoms with E-state index in [0.29, 0.717) is 22.8 Å². The zero-order valence-corrected chi connectivity index (χ0v) is 18.8. The quantitative estimate of drug-likeness (QED) is 0.424. The van der Waals surface area contributed by atoms with E-state index >= 15 is 0 Å². The second kappa shape index (κ2) is 10.3. The second-order valence-electron chi connectivity index (χ2n) is 7.08. The first-order chi connectivity index (χ1) is 15.7. The van der Waals surface area contributed by atoms with Crippen molar-refractivity contribution in [3.8, 4) is 11.5 Å². The molecule has 0 bridgehead atoms. The number of carboxylic acids is 1. The average molecular weight is 475 g/mol. The van der Waals surface area contributed by atoms with E-state index in [4.69, 9.17) is 23.7 Å². The Morgan fingerprint density at radius 3 is 2.58 bits per heavy atom. The number of aromatic carboxylic acids is 1. The van der Waals surface area contributed by atoms with Crippen LogP contribution in [0.5, 0.6) is 11.5 Å². The third kappa shape index (κ3) is 5.95. The molecule has 10 nitrogen and oxygen atoms in total. The van der Waals surface area contributed by atoms with Crippen LogP contribution in [-0.2, 0) is 20.9 Å². The van der Waals surface area contributed by atoms with Crippen molar-refractivity contribution in [3.63, 3.8) is 0 Å². The minimum atomic E-state index is -1.18. The number of methoxy groups -OCH3 is 1. The van der Waals surface area contributed by atoms with Gasteiger partial charge in [-0.15, -0.1) is 0 Å². The molecule has 0 spiro atoms. The van der Waals surface area contributed by atoms with Crippen molar-refractivity contribution >= 4 is 40.9 Å². The summed E-state index contributed by atoms with van der Waals surface area (Å²) >= 11 is 0.726. The molecule has 0 unspecified atom stereocenters. The van der Waals surface area contributed by atoms with E-state index in [2.05, 4.69) is 0 Å². The maximum absolute atomic E-state index is 12.6. The SMILES string of the molecule is COc1cc(/C=C2/SC(=O)N(CC(=O)OC(C)C)C2=O)ccc1OCc1ccc(C(=O)O)o1. The molecule has 1 saturated heterocycles. The maximum Gasteiger partial charge on any atom is 0.371 e. The maximum atomic E-state index is 12.6. The fraction of sp³-hybridized carbons (Fsp3) is 0.273. The third-order valence-corrected chi connectivity index (χ3v) is 5.16. The topological polar surface area (TPSA) is 133 Å². The summed E-state index contributed by atoms with van der Waals surface area (Å²) in [5.41, 5.74) is 0.570. The van der Waals surface area contributed by atoms with Gasteiger partial charge in [0.25, 0.3) is 11.1 Å². The van der Waals surface area contributed by atoms with Crippen LogP contribution in [0, 0.1) is 0 Å². The van der Waals surface area contributed by atoms with Gasteiger partial charge in [0.2, 0.25) is 5.76 Å². The number of carboxylic acid groups (broad SMARTS) is 1. The van der Waals surface area contributed by atoms with Crippen LogP contribution in [0.1, 0.15) is 35.7 Å². The van der Waals surface area contributed by atoms with Gasteiger partial charge in [-0.1, -0.05) is 6.07 Å². The second-order valence-corrected chi connectivity index (χ2v) is 8.07. The lowest BCUT2D eigenvalue weighted by Gasteiger charge is -2.13. The van der Waals surface area contributed by atoms with Gasteiger partial charge in [0.05, 0.1) is 18.1 Å². The highest BCUT2D eigenvalue weighted by Crippen LogP contribution is 2.34. The molecule has 3 rings (SSSR count). The molecular weight excluding hydrogens is 454 g/mol. The molecule has 174 valence electrons. The lowest BCUT2D eigenvalue weighted by molar-refractivity contribution is -0.149. The van der Waals surface area contributed by atoms with Gasteiger partial charge in [-0.25, -0.2) is 4.79 Å². The highest BCUT2D eigenvalue weighted by molar-refractivity contribution is 8.18.